The molecule has 1 aromatic carbocycles. The van der Waals surface area contributed by atoms with E-state index < -0.39 is 6.36 Å². The molecule has 0 aliphatic heterocycles. The summed E-state index contributed by atoms with van der Waals surface area (Å²) in [5, 5.41) is 3.25. The third-order valence-electron chi connectivity index (χ3n) is 2.76. The van der Waals surface area contributed by atoms with Gasteiger partial charge in [-0.2, -0.15) is 0 Å². The maximum atomic E-state index is 12.1. The monoisotopic (exact) mass is 261 g/mol. The molecule has 18 heavy (non-hydrogen) atoms. The molecule has 1 unspecified atom stereocenters. The van der Waals surface area contributed by atoms with E-state index in [1.165, 1.54) is 12.1 Å². The van der Waals surface area contributed by atoms with Crippen LogP contribution in [0.4, 0.5) is 13.2 Å². The molecule has 1 atom stereocenters. The van der Waals surface area contributed by atoms with Crippen molar-refractivity contribution in [2.45, 2.75) is 39.7 Å². The summed E-state index contributed by atoms with van der Waals surface area (Å²) in [6, 6.07) is 6.31. The second kappa shape index (κ2) is 6.09. The van der Waals surface area contributed by atoms with Gasteiger partial charge in [-0.05, 0) is 30.5 Å². The quantitative estimate of drug-likeness (QED) is 0.872. The van der Waals surface area contributed by atoms with E-state index in [1.807, 2.05) is 6.92 Å². The topological polar surface area (TPSA) is 21.3 Å². The number of benzene rings is 1. The van der Waals surface area contributed by atoms with Crippen LogP contribution in [0.5, 0.6) is 5.75 Å². The fraction of sp³-hybridized carbons (Fsp3) is 0.538. The van der Waals surface area contributed by atoms with Gasteiger partial charge in [-0.15, -0.1) is 13.2 Å². The van der Waals surface area contributed by atoms with Gasteiger partial charge in [-0.1, -0.05) is 26.0 Å². The van der Waals surface area contributed by atoms with Crippen molar-refractivity contribution in [2.75, 3.05) is 0 Å². The molecule has 0 amide bonds. The molecule has 5 heteroatoms. The molecule has 0 radical (unpaired) electrons. The van der Waals surface area contributed by atoms with Gasteiger partial charge in [0.1, 0.15) is 5.75 Å². The van der Waals surface area contributed by atoms with Crippen LogP contribution < -0.4 is 10.1 Å². The van der Waals surface area contributed by atoms with Crippen LogP contribution in [0.25, 0.3) is 0 Å². The van der Waals surface area contributed by atoms with Gasteiger partial charge in [-0.3, -0.25) is 0 Å². The summed E-state index contributed by atoms with van der Waals surface area (Å²) in [5.74, 6) is 0.290. The number of nitrogens with one attached hydrogen (secondary N) is 1. The number of hydrogen-bond acceptors (Lipinski definition) is 2. The first-order valence-electron chi connectivity index (χ1n) is 5.86. The molecule has 0 saturated carbocycles. The molecule has 0 bridgehead atoms. The lowest BCUT2D eigenvalue weighted by atomic mass is 10.1. The normalized spacial score (nSPS) is 13.7. The van der Waals surface area contributed by atoms with E-state index >= 15 is 0 Å². The van der Waals surface area contributed by atoms with Gasteiger partial charge >= 0.3 is 6.36 Å². The van der Waals surface area contributed by atoms with E-state index in [1.54, 1.807) is 12.1 Å². The fourth-order valence-corrected chi connectivity index (χ4v) is 1.37. The van der Waals surface area contributed by atoms with Crippen molar-refractivity contribution in [3.63, 3.8) is 0 Å². The predicted octanol–water partition coefficient (Wildman–Crippen LogP) is 3.72. The molecule has 1 rings (SSSR count). The van der Waals surface area contributed by atoms with Crippen molar-refractivity contribution < 1.29 is 17.9 Å². The largest absolute Gasteiger partial charge is 0.573 e. The third-order valence-corrected chi connectivity index (χ3v) is 2.76. The molecule has 0 spiro atoms. The second-order valence-corrected chi connectivity index (χ2v) is 4.61. The van der Waals surface area contributed by atoms with Crippen LogP contribution in [0.15, 0.2) is 24.3 Å². The van der Waals surface area contributed by atoms with Crippen molar-refractivity contribution in [1.82, 2.24) is 5.32 Å². The molecular weight excluding hydrogens is 243 g/mol. The first kappa shape index (κ1) is 14.8. The van der Waals surface area contributed by atoms with Crippen LogP contribution in [0, 0.1) is 5.92 Å². The van der Waals surface area contributed by atoms with Crippen molar-refractivity contribution in [3.8, 4) is 5.75 Å². The van der Waals surface area contributed by atoms with Gasteiger partial charge in [0, 0.05) is 12.6 Å². The molecule has 0 aromatic heterocycles. The Bertz CT molecular complexity index is 377. The van der Waals surface area contributed by atoms with Crippen LogP contribution in [0.1, 0.15) is 26.3 Å². The number of hydrogen-bond donors (Lipinski definition) is 1. The highest BCUT2D eigenvalue weighted by Gasteiger charge is 2.31. The van der Waals surface area contributed by atoms with E-state index in [-0.39, 0.29) is 5.75 Å². The summed E-state index contributed by atoms with van der Waals surface area (Å²) >= 11 is 0. The van der Waals surface area contributed by atoms with Crippen LogP contribution >= 0.6 is 0 Å². The summed E-state index contributed by atoms with van der Waals surface area (Å²) in [6.07, 6.45) is -4.64. The molecule has 2 nitrogen and oxygen atoms in total. The zero-order valence-corrected chi connectivity index (χ0v) is 10.7. The first-order chi connectivity index (χ1) is 8.28. The number of rotatable bonds is 5. The highest BCUT2D eigenvalue weighted by atomic mass is 19.4. The van der Waals surface area contributed by atoms with Crippen LogP contribution in [-0.2, 0) is 6.54 Å². The van der Waals surface area contributed by atoms with E-state index in [4.69, 9.17) is 0 Å². The standard InChI is InChI=1S/C13H18F3NO/c1-9(2)10(3)17-8-11-5-4-6-12(7-11)18-13(14,15)16/h4-7,9-10,17H,8H2,1-3H3. The van der Waals surface area contributed by atoms with E-state index in [0.29, 0.717) is 18.5 Å². The average Bonchev–Trinajstić information content (AvgIpc) is 2.23. The van der Waals surface area contributed by atoms with Gasteiger partial charge in [0.05, 0.1) is 0 Å². The van der Waals surface area contributed by atoms with Gasteiger partial charge in [-0.25, -0.2) is 0 Å². The van der Waals surface area contributed by atoms with Crippen LogP contribution in [0.2, 0.25) is 0 Å². The lowest BCUT2D eigenvalue weighted by Crippen LogP contribution is -2.30. The second-order valence-electron chi connectivity index (χ2n) is 4.61. The highest BCUT2D eigenvalue weighted by molar-refractivity contribution is 5.28. The number of alkyl halides is 3. The Balaban J connectivity index is 2.60. The number of halogens is 3. The lowest BCUT2D eigenvalue weighted by molar-refractivity contribution is -0.274. The molecule has 0 heterocycles. The molecule has 1 N–H and O–H groups in total. The van der Waals surface area contributed by atoms with Gasteiger partial charge in [0.15, 0.2) is 0 Å². The average molecular weight is 261 g/mol. The summed E-state index contributed by atoms with van der Waals surface area (Å²) < 4.78 is 40.0. The SMILES string of the molecule is CC(C)C(C)NCc1cccc(OC(F)(F)F)c1. The highest BCUT2D eigenvalue weighted by Crippen LogP contribution is 2.23. The molecule has 102 valence electrons. The predicted molar refractivity (Wildman–Crippen MR) is 64.3 cm³/mol. The molecule has 0 saturated heterocycles. The maximum absolute atomic E-state index is 12.1. The Morgan fingerprint density at radius 2 is 1.89 bits per heavy atom. The van der Waals surface area contributed by atoms with Gasteiger partial charge in [0.2, 0.25) is 0 Å². The minimum Gasteiger partial charge on any atom is -0.406 e. The molecule has 0 fully saturated rings. The summed E-state index contributed by atoms with van der Waals surface area (Å²) in [6.45, 7) is 6.73. The van der Waals surface area contributed by atoms with Crippen molar-refractivity contribution in [1.29, 1.82) is 0 Å². The Hall–Kier alpha value is -1.23. The zero-order valence-electron chi connectivity index (χ0n) is 10.7. The Labute approximate surface area is 105 Å². The first-order valence-corrected chi connectivity index (χ1v) is 5.86. The Morgan fingerprint density at radius 1 is 1.22 bits per heavy atom. The van der Waals surface area contributed by atoms with Crippen molar-refractivity contribution in [2.24, 2.45) is 5.92 Å². The van der Waals surface area contributed by atoms with E-state index in [9.17, 15) is 13.2 Å². The number of ether oxygens (including phenoxy) is 1. The van der Waals surface area contributed by atoms with Gasteiger partial charge in [0.25, 0.3) is 0 Å². The Morgan fingerprint density at radius 3 is 2.44 bits per heavy atom. The zero-order chi connectivity index (χ0) is 13.8. The van der Waals surface area contributed by atoms with E-state index in [0.717, 1.165) is 5.56 Å². The van der Waals surface area contributed by atoms with E-state index in [2.05, 4.69) is 23.9 Å². The van der Waals surface area contributed by atoms with Crippen molar-refractivity contribution in [3.05, 3.63) is 29.8 Å². The third kappa shape index (κ3) is 5.40. The molecule has 1 aromatic rings. The van der Waals surface area contributed by atoms with Crippen molar-refractivity contribution >= 4 is 0 Å². The maximum Gasteiger partial charge on any atom is 0.573 e. The van der Waals surface area contributed by atoms with Gasteiger partial charge < -0.3 is 10.1 Å². The molecular formula is C13H18F3NO. The smallest absolute Gasteiger partial charge is 0.406 e. The summed E-state index contributed by atoms with van der Waals surface area (Å²) in [4.78, 5) is 0. The fourth-order valence-electron chi connectivity index (χ4n) is 1.37. The minimum absolute atomic E-state index is 0.181. The minimum atomic E-state index is -4.64. The summed E-state index contributed by atoms with van der Waals surface area (Å²) in [7, 11) is 0. The van der Waals surface area contributed by atoms with Crippen LogP contribution in [0.3, 0.4) is 0 Å². The lowest BCUT2D eigenvalue weighted by Gasteiger charge is -2.17. The molecule has 0 aliphatic rings. The molecule has 0 aliphatic carbocycles. The Kier molecular flexibility index (Phi) is 5.02. The summed E-state index contributed by atoms with van der Waals surface area (Å²) in [5.41, 5.74) is 0.768. The van der Waals surface area contributed by atoms with Crippen LogP contribution in [-0.4, -0.2) is 12.4 Å².